The van der Waals surface area contributed by atoms with Gasteiger partial charge in [0.15, 0.2) is 0 Å². The van der Waals surface area contributed by atoms with Gasteiger partial charge in [-0.25, -0.2) is 4.39 Å². The van der Waals surface area contributed by atoms with E-state index >= 15 is 0 Å². The van der Waals surface area contributed by atoms with Gasteiger partial charge in [-0.15, -0.1) is 0 Å². The first kappa shape index (κ1) is 16.8. The van der Waals surface area contributed by atoms with Crippen molar-refractivity contribution in [1.29, 1.82) is 0 Å². The Hall–Kier alpha value is -1.67. The zero-order valence-corrected chi connectivity index (χ0v) is 13.3. The maximum absolute atomic E-state index is 14.3. The first-order chi connectivity index (χ1) is 11.8. The molecular weight excluding hydrogens is 340 g/mol. The summed E-state index contributed by atoms with van der Waals surface area (Å²) in [6.45, 7) is 0.684. The van der Waals surface area contributed by atoms with Gasteiger partial charge in [0, 0.05) is 17.5 Å². The molecule has 1 aromatic rings. The zero-order chi connectivity index (χ0) is 17.8. The van der Waals surface area contributed by atoms with Gasteiger partial charge in [0.1, 0.15) is 5.82 Å². The van der Waals surface area contributed by atoms with E-state index in [4.69, 9.17) is 4.74 Å². The number of alkyl halides is 3. The first-order valence-electron chi connectivity index (χ1n) is 8.33. The molecule has 2 heterocycles. The monoisotopic (exact) mass is 358 g/mol. The summed E-state index contributed by atoms with van der Waals surface area (Å²) in [7, 11) is 0. The van der Waals surface area contributed by atoms with E-state index in [-0.39, 0.29) is 23.4 Å². The second kappa shape index (κ2) is 5.95. The van der Waals surface area contributed by atoms with Crippen LogP contribution >= 0.6 is 0 Å². The van der Waals surface area contributed by atoms with Crippen LogP contribution in [0, 0.1) is 17.7 Å². The summed E-state index contributed by atoms with van der Waals surface area (Å²) in [5, 5.41) is 6.03. The highest BCUT2D eigenvalue weighted by atomic mass is 19.4. The average molecular weight is 358 g/mol. The molecule has 2 N–H and O–H groups in total. The van der Waals surface area contributed by atoms with Gasteiger partial charge in [-0.05, 0) is 30.9 Å². The molecule has 0 spiro atoms. The fourth-order valence-corrected chi connectivity index (χ4v) is 3.63. The maximum atomic E-state index is 14.3. The second-order valence-electron chi connectivity index (χ2n) is 7.08. The van der Waals surface area contributed by atoms with Gasteiger partial charge in [0.2, 0.25) is 5.91 Å². The maximum Gasteiger partial charge on any atom is 0.416 e. The Kier molecular flexibility index (Phi) is 3.99. The van der Waals surface area contributed by atoms with Gasteiger partial charge >= 0.3 is 6.18 Å². The number of rotatable bonds is 4. The molecule has 2 aliphatic heterocycles. The highest BCUT2D eigenvalue weighted by Gasteiger charge is 2.48. The summed E-state index contributed by atoms with van der Waals surface area (Å²) in [6, 6.07) is 1.83. The molecule has 4 rings (SSSR count). The predicted molar refractivity (Wildman–Crippen MR) is 80.0 cm³/mol. The number of halogens is 4. The Labute approximate surface area is 141 Å². The highest BCUT2D eigenvalue weighted by molar-refractivity contribution is 5.83. The number of benzene rings is 1. The van der Waals surface area contributed by atoms with Crippen molar-refractivity contribution in [2.45, 2.75) is 37.1 Å². The molecule has 0 aromatic heterocycles. The lowest BCUT2D eigenvalue weighted by Gasteiger charge is -2.35. The Morgan fingerprint density at radius 3 is 2.56 bits per heavy atom. The minimum atomic E-state index is -4.60. The Bertz CT molecular complexity index is 680. The Morgan fingerprint density at radius 2 is 2.04 bits per heavy atom. The SMILES string of the molecule is O=C(N[C@@H](c1ccc(C(F)(F)F)cc1F)C1COC1)[C@H]1C[C@H]2C[C@H]2N1. The quantitative estimate of drug-likeness (QED) is 0.813. The Balaban J connectivity index is 1.53. The van der Waals surface area contributed by atoms with Crippen LogP contribution in [0.15, 0.2) is 18.2 Å². The third-order valence-corrected chi connectivity index (χ3v) is 5.29. The van der Waals surface area contributed by atoms with Gasteiger partial charge in [-0.1, -0.05) is 6.07 Å². The van der Waals surface area contributed by atoms with Crippen LogP contribution in [-0.2, 0) is 15.7 Å². The fourth-order valence-electron chi connectivity index (χ4n) is 3.63. The number of hydrogen-bond acceptors (Lipinski definition) is 3. The van der Waals surface area contributed by atoms with Crippen LogP contribution in [0.5, 0.6) is 0 Å². The topological polar surface area (TPSA) is 50.4 Å². The van der Waals surface area contributed by atoms with Gasteiger partial charge in [-0.2, -0.15) is 13.2 Å². The standard InChI is InChI=1S/C17H18F4N2O2/c18-12-5-10(17(19,20)21)1-2-11(12)15(9-6-25-7-9)23-16(24)14-4-8-3-13(8)22-14/h1-2,5,8-9,13-15,22H,3-4,6-7H2,(H,23,24)/t8-,13-,14-,15-/m1/s1. The van der Waals surface area contributed by atoms with Crippen molar-refractivity contribution in [1.82, 2.24) is 10.6 Å². The summed E-state index contributed by atoms with van der Waals surface area (Å²) in [5.41, 5.74) is -0.973. The lowest BCUT2D eigenvalue weighted by atomic mass is 9.90. The number of carbonyl (C=O) groups is 1. The second-order valence-corrected chi connectivity index (χ2v) is 7.08. The summed E-state index contributed by atoms with van der Waals surface area (Å²) in [4.78, 5) is 12.5. The molecule has 4 atom stereocenters. The summed E-state index contributed by atoms with van der Waals surface area (Å²) in [5.74, 6) is -0.812. The van der Waals surface area contributed by atoms with Crippen molar-refractivity contribution < 1.29 is 27.1 Å². The molecule has 4 nitrogen and oxygen atoms in total. The molecule has 1 saturated carbocycles. The molecule has 3 aliphatic rings. The number of fused-ring (bicyclic) bond motifs is 1. The van der Waals surface area contributed by atoms with Gasteiger partial charge < -0.3 is 15.4 Å². The van der Waals surface area contributed by atoms with Crippen LogP contribution in [0.4, 0.5) is 17.6 Å². The van der Waals surface area contributed by atoms with Crippen LogP contribution in [0.2, 0.25) is 0 Å². The molecule has 136 valence electrons. The lowest BCUT2D eigenvalue weighted by Crippen LogP contribution is -2.48. The van der Waals surface area contributed by atoms with Crippen molar-refractivity contribution >= 4 is 5.91 Å². The van der Waals surface area contributed by atoms with Crippen molar-refractivity contribution in [3.8, 4) is 0 Å². The highest BCUT2D eigenvalue weighted by Crippen LogP contribution is 2.41. The van der Waals surface area contributed by atoms with Crippen LogP contribution < -0.4 is 10.6 Å². The van der Waals surface area contributed by atoms with Crippen LogP contribution in [-0.4, -0.2) is 31.2 Å². The van der Waals surface area contributed by atoms with E-state index < -0.39 is 23.6 Å². The van der Waals surface area contributed by atoms with E-state index in [9.17, 15) is 22.4 Å². The molecule has 0 radical (unpaired) electrons. The van der Waals surface area contributed by atoms with E-state index in [0.29, 0.717) is 31.2 Å². The van der Waals surface area contributed by atoms with Crippen molar-refractivity contribution in [3.63, 3.8) is 0 Å². The molecule has 0 bridgehead atoms. The molecule has 1 aliphatic carbocycles. The molecular formula is C17H18F4N2O2. The van der Waals surface area contributed by atoms with Crippen LogP contribution in [0.1, 0.15) is 30.0 Å². The number of nitrogens with one attached hydrogen (secondary N) is 2. The van der Waals surface area contributed by atoms with Gasteiger partial charge in [0.25, 0.3) is 0 Å². The number of hydrogen-bond donors (Lipinski definition) is 2. The number of piperidine rings is 1. The molecule has 1 amide bonds. The first-order valence-corrected chi connectivity index (χ1v) is 8.33. The minimum Gasteiger partial charge on any atom is -0.381 e. The predicted octanol–water partition coefficient (Wildman–Crippen LogP) is 2.40. The van der Waals surface area contributed by atoms with E-state index in [0.717, 1.165) is 25.0 Å². The zero-order valence-electron chi connectivity index (χ0n) is 13.3. The molecule has 2 saturated heterocycles. The van der Waals surface area contributed by atoms with E-state index in [2.05, 4.69) is 10.6 Å². The smallest absolute Gasteiger partial charge is 0.381 e. The Morgan fingerprint density at radius 1 is 1.28 bits per heavy atom. The normalized spacial score (nSPS) is 29.7. The van der Waals surface area contributed by atoms with Gasteiger partial charge in [-0.3, -0.25) is 4.79 Å². The van der Waals surface area contributed by atoms with E-state index in [1.807, 2.05) is 0 Å². The van der Waals surface area contributed by atoms with E-state index in [1.165, 1.54) is 0 Å². The van der Waals surface area contributed by atoms with Crippen LogP contribution in [0.3, 0.4) is 0 Å². The summed E-state index contributed by atoms with van der Waals surface area (Å²) < 4.78 is 57.6. The fraction of sp³-hybridized carbons (Fsp3) is 0.588. The number of amides is 1. The third kappa shape index (κ3) is 3.25. The summed E-state index contributed by atoms with van der Waals surface area (Å²) in [6.07, 6.45) is -2.77. The average Bonchev–Trinajstić information content (AvgIpc) is 3.09. The molecule has 0 unspecified atom stereocenters. The largest absolute Gasteiger partial charge is 0.416 e. The van der Waals surface area contributed by atoms with Crippen molar-refractivity contribution in [2.24, 2.45) is 11.8 Å². The molecule has 1 aromatic carbocycles. The number of ether oxygens (including phenoxy) is 1. The number of carbonyl (C=O) groups excluding carboxylic acids is 1. The molecule has 3 fully saturated rings. The molecule has 8 heteroatoms. The van der Waals surface area contributed by atoms with Crippen molar-refractivity contribution in [3.05, 3.63) is 35.1 Å². The van der Waals surface area contributed by atoms with Gasteiger partial charge in [0.05, 0.1) is 30.9 Å². The summed E-state index contributed by atoms with van der Waals surface area (Å²) >= 11 is 0. The minimum absolute atomic E-state index is 0.0674. The third-order valence-electron chi connectivity index (χ3n) is 5.29. The van der Waals surface area contributed by atoms with Crippen molar-refractivity contribution in [2.75, 3.05) is 13.2 Å². The van der Waals surface area contributed by atoms with Crippen LogP contribution in [0.25, 0.3) is 0 Å². The van der Waals surface area contributed by atoms with E-state index in [1.54, 1.807) is 0 Å². The lowest BCUT2D eigenvalue weighted by molar-refractivity contribution is -0.138. The molecule has 25 heavy (non-hydrogen) atoms.